The number of nitrogens with zero attached hydrogens (tertiary/aromatic N) is 4. The molecule has 0 spiro atoms. The summed E-state index contributed by atoms with van der Waals surface area (Å²) in [5.41, 5.74) is 0. The quantitative estimate of drug-likeness (QED) is 0.801. The summed E-state index contributed by atoms with van der Waals surface area (Å²) < 4.78 is 45.0. The van der Waals surface area contributed by atoms with Gasteiger partial charge in [-0.05, 0) is 31.2 Å². The van der Waals surface area contributed by atoms with Crippen LogP contribution in [0.5, 0.6) is 0 Å². The standard InChI is InChI=1S/C16H21FN4O3S/c1-3-15-18-16(24-19-15)12(2)20-8-10-21(11-9-20)25(22,23)14-6-4-13(17)5-7-14/h4-7,12H,3,8-11H2,1-2H3. The Morgan fingerprint density at radius 3 is 2.40 bits per heavy atom. The van der Waals surface area contributed by atoms with Crippen LogP contribution >= 0.6 is 0 Å². The van der Waals surface area contributed by atoms with Crippen molar-refractivity contribution in [1.82, 2.24) is 19.3 Å². The van der Waals surface area contributed by atoms with Crippen molar-refractivity contribution in [1.29, 1.82) is 0 Å². The van der Waals surface area contributed by atoms with Gasteiger partial charge >= 0.3 is 0 Å². The first-order valence-corrected chi connectivity index (χ1v) is 9.68. The van der Waals surface area contributed by atoms with Crippen molar-refractivity contribution in [2.75, 3.05) is 26.2 Å². The number of aryl methyl sites for hydroxylation is 1. The first-order chi connectivity index (χ1) is 11.9. The number of halogens is 1. The summed E-state index contributed by atoms with van der Waals surface area (Å²) in [4.78, 5) is 6.57. The summed E-state index contributed by atoms with van der Waals surface area (Å²) in [6.07, 6.45) is 0.708. The third kappa shape index (κ3) is 3.73. The largest absolute Gasteiger partial charge is 0.338 e. The molecule has 25 heavy (non-hydrogen) atoms. The molecule has 1 fully saturated rings. The predicted octanol–water partition coefficient (Wildman–Crippen LogP) is 1.84. The van der Waals surface area contributed by atoms with Gasteiger partial charge in [0, 0.05) is 32.6 Å². The Kier molecular flexibility index (Phi) is 5.16. The van der Waals surface area contributed by atoms with E-state index in [0.717, 1.165) is 12.1 Å². The number of benzene rings is 1. The normalized spacial score (nSPS) is 18.4. The lowest BCUT2D eigenvalue weighted by Gasteiger charge is -2.36. The Balaban J connectivity index is 1.65. The lowest BCUT2D eigenvalue weighted by atomic mass is 10.2. The molecule has 0 bridgehead atoms. The lowest BCUT2D eigenvalue weighted by molar-refractivity contribution is 0.124. The van der Waals surface area contributed by atoms with E-state index in [1.807, 2.05) is 13.8 Å². The maximum absolute atomic E-state index is 13.0. The fraction of sp³-hybridized carbons (Fsp3) is 0.500. The molecule has 1 aliphatic heterocycles. The molecule has 1 aromatic carbocycles. The van der Waals surface area contributed by atoms with E-state index < -0.39 is 15.8 Å². The highest BCUT2D eigenvalue weighted by atomic mass is 32.2. The van der Waals surface area contributed by atoms with Gasteiger partial charge in [-0.15, -0.1) is 0 Å². The molecular formula is C16H21FN4O3S. The molecule has 1 unspecified atom stereocenters. The van der Waals surface area contributed by atoms with Crippen LogP contribution in [-0.4, -0.2) is 53.9 Å². The number of hydrogen-bond donors (Lipinski definition) is 0. The fourth-order valence-corrected chi connectivity index (χ4v) is 4.25. The highest BCUT2D eigenvalue weighted by Crippen LogP contribution is 2.23. The second-order valence-electron chi connectivity index (χ2n) is 5.97. The SMILES string of the molecule is CCc1noc(C(C)N2CCN(S(=O)(=O)c3ccc(F)cc3)CC2)n1. The van der Waals surface area contributed by atoms with Crippen LogP contribution in [0, 0.1) is 5.82 Å². The van der Waals surface area contributed by atoms with Crippen molar-refractivity contribution in [2.45, 2.75) is 31.2 Å². The molecule has 0 N–H and O–H groups in total. The van der Waals surface area contributed by atoms with E-state index >= 15 is 0 Å². The Morgan fingerprint density at radius 2 is 1.84 bits per heavy atom. The summed E-state index contributed by atoms with van der Waals surface area (Å²) in [7, 11) is -3.60. The minimum atomic E-state index is -3.60. The first-order valence-electron chi connectivity index (χ1n) is 8.24. The summed E-state index contributed by atoms with van der Waals surface area (Å²) in [6.45, 7) is 5.77. The van der Waals surface area contributed by atoms with Gasteiger partial charge in [0.1, 0.15) is 5.82 Å². The van der Waals surface area contributed by atoms with Gasteiger partial charge in [0.15, 0.2) is 5.82 Å². The van der Waals surface area contributed by atoms with E-state index in [-0.39, 0.29) is 10.9 Å². The topological polar surface area (TPSA) is 79.5 Å². The molecule has 3 rings (SSSR count). The monoisotopic (exact) mass is 368 g/mol. The van der Waals surface area contributed by atoms with Crippen molar-refractivity contribution in [3.8, 4) is 0 Å². The summed E-state index contributed by atoms with van der Waals surface area (Å²) in [5.74, 6) is 0.759. The maximum Gasteiger partial charge on any atom is 0.243 e. The van der Waals surface area contributed by atoms with Crippen molar-refractivity contribution in [3.05, 3.63) is 41.8 Å². The molecule has 0 radical (unpaired) electrons. The van der Waals surface area contributed by atoms with E-state index in [1.165, 1.54) is 16.4 Å². The third-order valence-corrected chi connectivity index (χ3v) is 6.34. The molecular weight excluding hydrogens is 347 g/mol. The van der Waals surface area contributed by atoms with Crippen LogP contribution in [0.25, 0.3) is 0 Å². The molecule has 0 amide bonds. The van der Waals surface area contributed by atoms with Gasteiger partial charge in [0.05, 0.1) is 10.9 Å². The number of hydrogen-bond acceptors (Lipinski definition) is 6. The zero-order chi connectivity index (χ0) is 18.0. The number of piperazine rings is 1. The molecule has 1 aliphatic rings. The highest BCUT2D eigenvalue weighted by molar-refractivity contribution is 7.89. The van der Waals surface area contributed by atoms with Crippen LogP contribution in [0.3, 0.4) is 0 Å². The van der Waals surface area contributed by atoms with Crippen molar-refractivity contribution < 1.29 is 17.3 Å². The van der Waals surface area contributed by atoms with Crippen molar-refractivity contribution >= 4 is 10.0 Å². The van der Waals surface area contributed by atoms with Crippen LogP contribution in [0.1, 0.15) is 31.6 Å². The fourth-order valence-electron chi connectivity index (χ4n) is 2.82. The smallest absolute Gasteiger partial charge is 0.243 e. The third-order valence-electron chi connectivity index (χ3n) is 4.43. The molecule has 1 saturated heterocycles. The zero-order valence-electron chi connectivity index (χ0n) is 14.2. The van der Waals surface area contributed by atoms with E-state index in [2.05, 4.69) is 15.0 Å². The van der Waals surface area contributed by atoms with Gasteiger partial charge < -0.3 is 4.52 Å². The lowest BCUT2D eigenvalue weighted by Crippen LogP contribution is -2.49. The Bertz CT molecular complexity index is 814. The van der Waals surface area contributed by atoms with Gasteiger partial charge in [-0.3, -0.25) is 4.90 Å². The maximum atomic E-state index is 13.0. The van der Waals surface area contributed by atoms with Crippen LogP contribution in [0.15, 0.2) is 33.7 Å². The van der Waals surface area contributed by atoms with E-state index in [9.17, 15) is 12.8 Å². The minimum Gasteiger partial charge on any atom is -0.338 e. The molecule has 0 saturated carbocycles. The average molecular weight is 368 g/mol. The molecule has 0 aliphatic carbocycles. The van der Waals surface area contributed by atoms with Crippen LogP contribution in [0.2, 0.25) is 0 Å². The van der Waals surface area contributed by atoms with E-state index in [4.69, 9.17) is 4.52 Å². The number of rotatable bonds is 5. The molecule has 1 atom stereocenters. The van der Waals surface area contributed by atoms with E-state index in [0.29, 0.717) is 44.3 Å². The Morgan fingerprint density at radius 1 is 1.20 bits per heavy atom. The van der Waals surface area contributed by atoms with Gasteiger partial charge in [0.2, 0.25) is 15.9 Å². The summed E-state index contributed by atoms with van der Waals surface area (Å²) >= 11 is 0. The van der Waals surface area contributed by atoms with Crippen molar-refractivity contribution in [3.63, 3.8) is 0 Å². The van der Waals surface area contributed by atoms with Crippen LogP contribution in [0.4, 0.5) is 4.39 Å². The Hall–Kier alpha value is -1.84. The van der Waals surface area contributed by atoms with Gasteiger partial charge in [-0.25, -0.2) is 12.8 Å². The van der Waals surface area contributed by atoms with Crippen LogP contribution in [-0.2, 0) is 16.4 Å². The molecule has 7 nitrogen and oxygen atoms in total. The van der Waals surface area contributed by atoms with Crippen molar-refractivity contribution in [2.24, 2.45) is 0 Å². The second-order valence-corrected chi connectivity index (χ2v) is 7.91. The first kappa shape index (κ1) is 18.0. The molecule has 2 heterocycles. The van der Waals surface area contributed by atoms with Crippen LogP contribution < -0.4 is 0 Å². The average Bonchev–Trinajstić information content (AvgIpc) is 3.11. The number of sulfonamides is 1. The molecule has 136 valence electrons. The minimum absolute atomic E-state index is 0.0662. The molecule has 2 aromatic rings. The Labute approximate surface area is 146 Å². The summed E-state index contributed by atoms with van der Waals surface area (Å²) in [6, 6.07) is 4.84. The van der Waals surface area contributed by atoms with Gasteiger partial charge in [0.25, 0.3) is 0 Å². The predicted molar refractivity (Wildman–Crippen MR) is 88.8 cm³/mol. The van der Waals surface area contributed by atoms with E-state index in [1.54, 1.807) is 0 Å². The molecule has 1 aromatic heterocycles. The van der Waals surface area contributed by atoms with Gasteiger partial charge in [-0.2, -0.15) is 9.29 Å². The zero-order valence-corrected chi connectivity index (χ0v) is 15.0. The highest BCUT2D eigenvalue weighted by Gasteiger charge is 2.31. The molecule has 9 heteroatoms. The van der Waals surface area contributed by atoms with Gasteiger partial charge in [-0.1, -0.05) is 12.1 Å². The summed E-state index contributed by atoms with van der Waals surface area (Å²) in [5, 5.41) is 3.90. The second kappa shape index (κ2) is 7.19. The number of aromatic nitrogens is 2.